The molecule has 1 heterocycles. The van der Waals surface area contributed by atoms with Crippen molar-refractivity contribution in [2.75, 3.05) is 33.3 Å². The minimum atomic E-state index is -0.844. The number of hydrogen-bond donors (Lipinski definition) is 1. The van der Waals surface area contributed by atoms with E-state index in [0.29, 0.717) is 13.1 Å². The maximum atomic E-state index is 12.2. The third kappa shape index (κ3) is 6.62. The molecule has 0 aromatic carbocycles. The van der Waals surface area contributed by atoms with Crippen molar-refractivity contribution in [1.82, 2.24) is 9.80 Å². The summed E-state index contributed by atoms with van der Waals surface area (Å²) in [4.78, 5) is 26.2. The molecule has 1 N–H and O–H groups in total. The van der Waals surface area contributed by atoms with E-state index in [1.165, 1.54) is 0 Å². The molecule has 6 nitrogen and oxygen atoms in total. The maximum absolute atomic E-state index is 12.2. The molecule has 1 rings (SSSR count). The zero-order valence-electron chi connectivity index (χ0n) is 12.8. The minimum absolute atomic E-state index is 0.0329. The topological polar surface area (TPSA) is 70.1 Å². The molecule has 0 unspecified atom stereocenters. The fraction of sp³-hybridized carbons (Fsp3) is 0.733. The summed E-state index contributed by atoms with van der Waals surface area (Å²) in [5.41, 5.74) is 0. The summed E-state index contributed by atoms with van der Waals surface area (Å²) >= 11 is 0. The van der Waals surface area contributed by atoms with Gasteiger partial charge in [-0.25, -0.2) is 4.79 Å². The summed E-state index contributed by atoms with van der Waals surface area (Å²) < 4.78 is 5.52. The Kier molecular flexibility index (Phi) is 7.82. The van der Waals surface area contributed by atoms with Gasteiger partial charge in [-0.3, -0.25) is 4.79 Å². The molecule has 0 aromatic heterocycles. The predicted octanol–water partition coefficient (Wildman–Crippen LogP) is 1.96. The van der Waals surface area contributed by atoms with E-state index in [9.17, 15) is 9.59 Å². The second kappa shape index (κ2) is 9.39. The molecule has 1 aliphatic rings. The van der Waals surface area contributed by atoms with Gasteiger partial charge in [0.2, 0.25) is 0 Å². The monoisotopic (exact) mass is 298 g/mol. The number of carboxylic acids is 1. The molecule has 0 aromatic rings. The number of likely N-dealkylation sites (tertiary alicyclic amines) is 1. The molecular weight excluding hydrogens is 272 g/mol. The molecule has 1 saturated heterocycles. The number of nitrogens with zero attached hydrogens (tertiary/aromatic N) is 2. The van der Waals surface area contributed by atoms with Gasteiger partial charge < -0.3 is 19.6 Å². The molecule has 0 bridgehead atoms. The summed E-state index contributed by atoms with van der Waals surface area (Å²) in [7, 11) is 1.82. The van der Waals surface area contributed by atoms with Crippen LogP contribution in [0.2, 0.25) is 0 Å². The molecule has 0 spiro atoms. The van der Waals surface area contributed by atoms with Crippen LogP contribution in [0.4, 0.5) is 4.79 Å². The minimum Gasteiger partial charge on any atom is -0.481 e. The van der Waals surface area contributed by atoms with E-state index in [0.717, 1.165) is 32.2 Å². The van der Waals surface area contributed by atoms with Gasteiger partial charge in [0.1, 0.15) is 0 Å². The van der Waals surface area contributed by atoms with Gasteiger partial charge in [0, 0.05) is 26.7 Å². The summed E-state index contributed by atoms with van der Waals surface area (Å²) in [6, 6.07) is 0.0584. The lowest BCUT2D eigenvalue weighted by Gasteiger charge is -2.34. The van der Waals surface area contributed by atoms with Crippen molar-refractivity contribution in [2.45, 2.75) is 38.2 Å². The standard InChI is InChI=1S/C15H26N2O4/c1-3-4-5-9-16(2)15(20)17-10-6-13(7-11-17)21-12-8-14(18)19/h3,13H,1,4-12H2,2H3,(H,18,19). The number of amides is 2. The van der Waals surface area contributed by atoms with Crippen LogP contribution >= 0.6 is 0 Å². The highest BCUT2D eigenvalue weighted by Gasteiger charge is 2.25. The van der Waals surface area contributed by atoms with Crippen molar-refractivity contribution >= 4 is 12.0 Å². The molecule has 1 aliphatic heterocycles. The summed E-state index contributed by atoms with van der Waals surface area (Å²) in [5.74, 6) is -0.844. The fourth-order valence-electron chi connectivity index (χ4n) is 2.34. The summed E-state index contributed by atoms with van der Waals surface area (Å²) in [6.45, 7) is 5.99. The third-order valence-corrected chi connectivity index (χ3v) is 3.61. The van der Waals surface area contributed by atoms with E-state index >= 15 is 0 Å². The molecular formula is C15H26N2O4. The normalized spacial score (nSPS) is 15.8. The zero-order chi connectivity index (χ0) is 15.7. The van der Waals surface area contributed by atoms with Crippen LogP contribution in [0.25, 0.3) is 0 Å². The zero-order valence-corrected chi connectivity index (χ0v) is 12.8. The average Bonchev–Trinajstić information content (AvgIpc) is 2.47. The number of carboxylic acid groups (broad SMARTS) is 1. The van der Waals surface area contributed by atoms with Gasteiger partial charge >= 0.3 is 12.0 Å². The van der Waals surface area contributed by atoms with Crippen LogP contribution in [0, 0.1) is 0 Å². The summed E-state index contributed by atoms with van der Waals surface area (Å²) in [6.07, 6.45) is 5.35. The van der Waals surface area contributed by atoms with Crippen LogP contribution in [0.15, 0.2) is 12.7 Å². The second-order valence-electron chi connectivity index (χ2n) is 5.34. The first-order valence-corrected chi connectivity index (χ1v) is 7.49. The van der Waals surface area contributed by atoms with E-state index in [1.54, 1.807) is 4.90 Å². The third-order valence-electron chi connectivity index (χ3n) is 3.61. The van der Waals surface area contributed by atoms with Crippen LogP contribution < -0.4 is 0 Å². The van der Waals surface area contributed by atoms with Crippen molar-refractivity contribution in [3.05, 3.63) is 12.7 Å². The second-order valence-corrected chi connectivity index (χ2v) is 5.34. The van der Waals surface area contributed by atoms with Gasteiger partial charge in [-0.2, -0.15) is 0 Å². The number of aliphatic carboxylic acids is 1. The number of allylic oxidation sites excluding steroid dienone is 1. The highest BCUT2D eigenvalue weighted by atomic mass is 16.5. The number of urea groups is 1. The first kappa shape index (κ1) is 17.5. The highest BCUT2D eigenvalue weighted by Crippen LogP contribution is 2.15. The predicted molar refractivity (Wildman–Crippen MR) is 80.3 cm³/mol. The van der Waals surface area contributed by atoms with Crippen molar-refractivity contribution in [3.8, 4) is 0 Å². The fourth-order valence-corrected chi connectivity index (χ4v) is 2.34. The Bertz CT molecular complexity index is 352. The molecule has 1 fully saturated rings. The van der Waals surface area contributed by atoms with E-state index in [-0.39, 0.29) is 25.2 Å². The van der Waals surface area contributed by atoms with E-state index < -0.39 is 5.97 Å². The van der Waals surface area contributed by atoms with Crippen LogP contribution in [-0.4, -0.2) is 66.3 Å². The van der Waals surface area contributed by atoms with E-state index in [2.05, 4.69) is 6.58 Å². The molecule has 120 valence electrons. The Hall–Kier alpha value is -1.56. The lowest BCUT2D eigenvalue weighted by Crippen LogP contribution is -2.46. The number of carbonyl (C=O) groups excluding carboxylic acids is 1. The summed E-state index contributed by atoms with van der Waals surface area (Å²) in [5, 5.41) is 8.56. The maximum Gasteiger partial charge on any atom is 0.319 e. The highest BCUT2D eigenvalue weighted by molar-refractivity contribution is 5.74. The van der Waals surface area contributed by atoms with Gasteiger partial charge in [0.25, 0.3) is 0 Å². The lowest BCUT2D eigenvalue weighted by molar-refractivity contribution is -0.138. The SMILES string of the molecule is C=CCCCN(C)C(=O)N1CCC(OCCC(=O)O)CC1. The average molecular weight is 298 g/mol. The largest absolute Gasteiger partial charge is 0.481 e. The number of unbranched alkanes of at least 4 members (excludes halogenated alkanes) is 1. The molecule has 0 radical (unpaired) electrons. The van der Waals surface area contributed by atoms with Crippen molar-refractivity contribution in [2.24, 2.45) is 0 Å². The number of rotatable bonds is 8. The van der Waals surface area contributed by atoms with Crippen LogP contribution in [0.3, 0.4) is 0 Å². The lowest BCUT2D eigenvalue weighted by atomic mass is 10.1. The Morgan fingerprint density at radius 1 is 1.43 bits per heavy atom. The van der Waals surface area contributed by atoms with Gasteiger partial charge in [-0.15, -0.1) is 6.58 Å². The van der Waals surface area contributed by atoms with Gasteiger partial charge in [0.15, 0.2) is 0 Å². The van der Waals surface area contributed by atoms with E-state index in [4.69, 9.17) is 9.84 Å². The van der Waals surface area contributed by atoms with Crippen molar-refractivity contribution in [1.29, 1.82) is 0 Å². The molecule has 0 aliphatic carbocycles. The molecule has 0 atom stereocenters. The molecule has 6 heteroatoms. The van der Waals surface area contributed by atoms with E-state index in [1.807, 2.05) is 18.0 Å². The van der Waals surface area contributed by atoms with Crippen molar-refractivity contribution < 1.29 is 19.4 Å². The Morgan fingerprint density at radius 3 is 2.67 bits per heavy atom. The number of ether oxygens (including phenoxy) is 1. The smallest absolute Gasteiger partial charge is 0.319 e. The molecule has 2 amide bonds. The van der Waals surface area contributed by atoms with Gasteiger partial charge in [-0.1, -0.05) is 6.08 Å². The van der Waals surface area contributed by atoms with Gasteiger partial charge in [0.05, 0.1) is 19.1 Å². The Morgan fingerprint density at radius 2 is 2.10 bits per heavy atom. The Balaban J connectivity index is 2.23. The molecule has 0 saturated carbocycles. The van der Waals surface area contributed by atoms with Crippen LogP contribution in [-0.2, 0) is 9.53 Å². The van der Waals surface area contributed by atoms with Crippen LogP contribution in [0.5, 0.6) is 0 Å². The number of carbonyl (C=O) groups is 2. The number of hydrogen-bond acceptors (Lipinski definition) is 3. The quantitative estimate of drug-likeness (QED) is 0.549. The number of piperidine rings is 1. The molecule has 21 heavy (non-hydrogen) atoms. The first-order valence-electron chi connectivity index (χ1n) is 7.49. The van der Waals surface area contributed by atoms with Gasteiger partial charge in [-0.05, 0) is 25.7 Å². The first-order chi connectivity index (χ1) is 10.0. The van der Waals surface area contributed by atoms with Crippen LogP contribution in [0.1, 0.15) is 32.1 Å². The van der Waals surface area contributed by atoms with Crippen molar-refractivity contribution in [3.63, 3.8) is 0 Å². The Labute approximate surface area is 126 Å².